The van der Waals surface area contributed by atoms with Gasteiger partial charge in [-0.3, -0.25) is 14.3 Å². The molecule has 1 saturated heterocycles. The van der Waals surface area contributed by atoms with E-state index in [1.165, 1.54) is 15.8 Å². The zero-order chi connectivity index (χ0) is 29.6. The predicted molar refractivity (Wildman–Crippen MR) is 146 cm³/mol. The van der Waals surface area contributed by atoms with Crippen LogP contribution in [0.5, 0.6) is 0 Å². The number of β-amino-alcohol motifs (C(OH)–C–C–N with tert-alkyl or cyclic N) is 1. The summed E-state index contributed by atoms with van der Waals surface area (Å²) < 4.78 is 21.0. The van der Waals surface area contributed by atoms with Crippen LogP contribution in [0.1, 0.15) is 66.4 Å². The SMILES string of the molecule is Cn1ncc(F)c1-c1ccc(C2(NC(=O)[C@@H]3C[C@@H](O)CN3C(=O)[C@@H](NC(=O)OC(C)(C)C)C(C)(C)C)CC2)cc1. The molecule has 40 heavy (non-hydrogen) atoms. The van der Waals surface area contributed by atoms with Gasteiger partial charge >= 0.3 is 6.09 Å². The van der Waals surface area contributed by atoms with Gasteiger partial charge in [-0.15, -0.1) is 0 Å². The maximum atomic E-state index is 14.2. The van der Waals surface area contributed by atoms with Gasteiger partial charge in [0.1, 0.15) is 23.4 Å². The summed E-state index contributed by atoms with van der Waals surface area (Å²) in [5.41, 5.74) is -0.100. The van der Waals surface area contributed by atoms with Crippen LogP contribution in [-0.4, -0.2) is 68.0 Å². The summed E-state index contributed by atoms with van der Waals surface area (Å²) in [6.07, 6.45) is 1.09. The average molecular weight is 558 g/mol. The van der Waals surface area contributed by atoms with E-state index in [1.54, 1.807) is 40.0 Å². The second-order valence-corrected chi connectivity index (χ2v) is 13.0. The molecule has 0 spiro atoms. The van der Waals surface area contributed by atoms with Crippen molar-refractivity contribution >= 4 is 17.9 Å². The number of nitrogens with one attached hydrogen (secondary N) is 2. The Kier molecular flexibility index (Phi) is 7.74. The fraction of sp³-hybridized carbons (Fsp3) is 0.586. The highest BCUT2D eigenvalue weighted by Crippen LogP contribution is 2.46. The molecule has 3 amide bonds. The average Bonchev–Trinajstić information content (AvgIpc) is 3.38. The Hall–Kier alpha value is -3.47. The van der Waals surface area contributed by atoms with Crippen molar-refractivity contribution in [2.45, 2.75) is 90.1 Å². The lowest BCUT2D eigenvalue weighted by molar-refractivity contribution is -0.142. The first-order chi connectivity index (χ1) is 18.5. The fourth-order valence-electron chi connectivity index (χ4n) is 5.16. The fourth-order valence-corrected chi connectivity index (χ4v) is 5.16. The number of carbonyl (C=O) groups is 3. The second kappa shape index (κ2) is 10.5. The lowest BCUT2D eigenvalue weighted by Crippen LogP contribution is -2.58. The number of carbonyl (C=O) groups excluding carboxylic acids is 3. The van der Waals surface area contributed by atoms with E-state index in [4.69, 9.17) is 4.74 Å². The summed E-state index contributed by atoms with van der Waals surface area (Å²) in [6, 6.07) is 5.45. The molecule has 0 unspecified atom stereocenters. The molecule has 0 radical (unpaired) electrons. The predicted octanol–water partition coefficient (Wildman–Crippen LogP) is 3.23. The Labute approximate surface area is 234 Å². The number of amides is 3. The number of ether oxygens (including phenoxy) is 1. The van der Waals surface area contributed by atoms with E-state index in [1.807, 2.05) is 32.9 Å². The van der Waals surface area contributed by atoms with Gasteiger partial charge in [0.05, 0.1) is 17.8 Å². The van der Waals surface area contributed by atoms with Gasteiger partial charge in [0, 0.05) is 25.6 Å². The van der Waals surface area contributed by atoms with Gasteiger partial charge in [-0.2, -0.15) is 5.10 Å². The largest absolute Gasteiger partial charge is 0.444 e. The van der Waals surface area contributed by atoms with Gasteiger partial charge in [0.25, 0.3) is 0 Å². The van der Waals surface area contributed by atoms with Gasteiger partial charge in [-0.25, -0.2) is 9.18 Å². The quantitative estimate of drug-likeness (QED) is 0.501. The van der Waals surface area contributed by atoms with Crippen molar-refractivity contribution in [3.05, 3.63) is 41.8 Å². The van der Waals surface area contributed by atoms with Crippen molar-refractivity contribution in [1.29, 1.82) is 0 Å². The topological polar surface area (TPSA) is 126 Å². The van der Waals surface area contributed by atoms with Gasteiger partial charge in [-0.1, -0.05) is 45.0 Å². The minimum atomic E-state index is -0.974. The second-order valence-electron chi connectivity index (χ2n) is 13.0. The summed E-state index contributed by atoms with van der Waals surface area (Å²) in [6.45, 7) is 10.6. The number of aromatic nitrogens is 2. The van der Waals surface area contributed by atoms with Gasteiger partial charge < -0.3 is 25.4 Å². The highest BCUT2D eigenvalue weighted by molar-refractivity contribution is 5.93. The molecule has 10 nitrogen and oxygen atoms in total. The van der Waals surface area contributed by atoms with Crippen LogP contribution >= 0.6 is 0 Å². The number of rotatable bonds is 6. The molecule has 1 aliphatic carbocycles. The van der Waals surface area contributed by atoms with E-state index >= 15 is 0 Å². The number of aliphatic hydroxyl groups excluding tert-OH is 1. The molecule has 2 fully saturated rings. The normalized spacial score (nSPS) is 21.1. The van der Waals surface area contributed by atoms with Crippen LogP contribution < -0.4 is 10.6 Å². The molecule has 0 bridgehead atoms. The Bertz CT molecular complexity index is 1250. The van der Waals surface area contributed by atoms with Gasteiger partial charge in [0.2, 0.25) is 11.8 Å². The van der Waals surface area contributed by atoms with Crippen molar-refractivity contribution in [3.8, 4) is 11.3 Å². The molecule has 1 saturated carbocycles. The number of aliphatic hydroxyl groups is 1. The molecule has 2 aliphatic rings. The third-order valence-corrected chi connectivity index (χ3v) is 7.36. The number of nitrogens with zero attached hydrogens (tertiary/aromatic N) is 3. The van der Waals surface area contributed by atoms with Crippen LogP contribution in [0.3, 0.4) is 0 Å². The maximum Gasteiger partial charge on any atom is 0.408 e. The third kappa shape index (κ3) is 6.29. The molecule has 1 aromatic carbocycles. The summed E-state index contributed by atoms with van der Waals surface area (Å²) in [5, 5.41) is 20.2. The highest BCUT2D eigenvalue weighted by Gasteiger charge is 2.50. The van der Waals surface area contributed by atoms with Crippen LogP contribution in [0.15, 0.2) is 30.5 Å². The van der Waals surface area contributed by atoms with E-state index in [-0.39, 0.29) is 18.9 Å². The van der Waals surface area contributed by atoms with Crippen LogP contribution in [0.4, 0.5) is 9.18 Å². The van der Waals surface area contributed by atoms with E-state index < -0.39 is 52.6 Å². The zero-order valence-corrected chi connectivity index (χ0v) is 24.2. The number of hydrogen-bond donors (Lipinski definition) is 3. The van der Waals surface area contributed by atoms with Crippen molar-refractivity contribution in [2.24, 2.45) is 12.5 Å². The van der Waals surface area contributed by atoms with Crippen LogP contribution in [0.2, 0.25) is 0 Å². The lowest BCUT2D eigenvalue weighted by atomic mass is 9.85. The van der Waals surface area contributed by atoms with E-state index in [2.05, 4.69) is 15.7 Å². The monoisotopic (exact) mass is 557 g/mol. The van der Waals surface area contributed by atoms with Crippen molar-refractivity contribution in [1.82, 2.24) is 25.3 Å². The van der Waals surface area contributed by atoms with E-state index in [0.717, 1.165) is 5.56 Å². The molecule has 2 heterocycles. The Morgan fingerprint density at radius 3 is 2.25 bits per heavy atom. The van der Waals surface area contributed by atoms with Crippen LogP contribution in [-0.2, 0) is 26.9 Å². The first kappa shape index (κ1) is 29.5. The summed E-state index contributed by atoms with van der Waals surface area (Å²) in [4.78, 5) is 41.2. The molecule has 1 aromatic heterocycles. The van der Waals surface area contributed by atoms with Crippen LogP contribution in [0.25, 0.3) is 11.3 Å². The molecule has 3 N–H and O–H groups in total. The first-order valence-corrected chi connectivity index (χ1v) is 13.6. The Balaban J connectivity index is 1.50. The molecule has 2 aromatic rings. The molecular formula is C29H40FN5O5. The number of aryl methyl sites for hydroxylation is 1. The standard InChI is InChI=1S/C29H40FN5O5/c1-27(2,3)23(32-26(39)40-28(4,5)6)25(38)35-16-19(36)14-21(35)24(37)33-29(12-13-29)18-10-8-17(9-11-18)22-20(30)15-31-34(22)7/h8-11,15,19,21,23,36H,12-14,16H2,1-7H3,(H,32,39)(H,33,37)/t19-,21+,23-/m1/s1. The first-order valence-electron chi connectivity index (χ1n) is 13.6. The summed E-state index contributed by atoms with van der Waals surface area (Å²) >= 11 is 0. The smallest absolute Gasteiger partial charge is 0.408 e. The number of hydrogen-bond acceptors (Lipinski definition) is 6. The third-order valence-electron chi connectivity index (χ3n) is 7.36. The molecule has 218 valence electrons. The van der Waals surface area contributed by atoms with Crippen molar-refractivity contribution in [2.75, 3.05) is 6.54 Å². The number of likely N-dealkylation sites (tertiary alicyclic amines) is 1. The minimum absolute atomic E-state index is 0.0164. The van der Waals surface area contributed by atoms with Crippen molar-refractivity contribution < 1.29 is 28.6 Å². The van der Waals surface area contributed by atoms with Crippen molar-refractivity contribution in [3.63, 3.8) is 0 Å². The summed E-state index contributed by atoms with van der Waals surface area (Å²) in [7, 11) is 1.67. The van der Waals surface area contributed by atoms with Crippen LogP contribution in [0, 0.1) is 11.2 Å². The number of halogens is 1. The lowest BCUT2D eigenvalue weighted by Gasteiger charge is -2.36. The number of alkyl carbamates (subject to hydrolysis) is 1. The van der Waals surface area contributed by atoms with E-state index in [9.17, 15) is 23.9 Å². The van der Waals surface area contributed by atoms with Gasteiger partial charge in [0.15, 0.2) is 5.82 Å². The molecule has 3 atom stereocenters. The van der Waals surface area contributed by atoms with Gasteiger partial charge in [-0.05, 0) is 44.6 Å². The molecule has 11 heteroatoms. The Morgan fingerprint density at radius 1 is 1.12 bits per heavy atom. The highest BCUT2D eigenvalue weighted by atomic mass is 19.1. The maximum absolute atomic E-state index is 14.2. The number of benzene rings is 1. The molecular weight excluding hydrogens is 517 g/mol. The minimum Gasteiger partial charge on any atom is -0.444 e. The van der Waals surface area contributed by atoms with E-state index in [0.29, 0.717) is 24.1 Å². The summed E-state index contributed by atoms with van der Waals surface area (Å²) in [5.74, 6) is -1.24. The molecule has 1 aliphatic heterocycles. The molecule has 4 rings (SSSR count). The Morgan fingerprint density at radius 2 is 1.75 bits per heavy atom. The zero-order valence-electron chi connectivity index (χ0n) is 24.2.